The minimum Gasteiger partial charge on any atom is -0.496 e. The molecule has 2 aromatic heterocycles. The zero-order valence-electron chi connectivity index (χ0n) is 11.3. The van der Waals surface area contributed by atoms with Crippen LogP contribution in [0.25, 0.3) is 0 Å². The quantitative estimate of drug-likeness (QED) is 0.890. The van der Waals surface area contributed by atoms with Gasteiger partial charge in [0, 0.05) is 38.2 Å². The van der Waals surface area contributed by atoms with Crippen LogP contribution in [0.3, 0.4) is 0 Å². The van der Waals surface area contributed by atoms with Gasteiger partial charge in [-0.2, -0.15) is 0 Å². The van der Waals surface area contributed by atoms with Crippen molar-refractivity contribution in [3.05, 3.63) is 58.3 Å². The summed E-state index contributed by atoms with van der Waals surface area (Å²) in [6, 6.07) is 4.93. The molecule has 0 aliphatic heterocycles. The number of carbonyl (C=O) groups is 1. The monoisotopic (exact) mass is 273 g/mol. The lowest BCUT2D eigenvalue weighted by Crippen LogP contribution is -2.26. The maximum atomic E-state index is 12.1. The van der Waals surface area contributed by atoms with Gasteiger partial charge in [-0.1, -0.05) is 0 Å². The van der Waals surface area contributed by atoms with Gasteiger partial charge in [-0.05, 0) is 17.7 Å². The van der Waals surface area contributed by atoms with Gasteiger partial charge in [0.15, 0.2) is 0 Å². The number of amides is 1. The van der Waals surface area contributed by atoms with Crippen LogP contribution in [0, 0.1) is 0 Å². The van der Waals surface area contributed by atoms with Crippen LogP contribution in [-0.4, -0.2) is 22.6 Å². The minimum absolute atomic E-state index is 0.229. The molecule has 0 radical (unpaired) electrons. The fourth-order valence-electron chi connectivity index (χ4n) is 1.73. The van der Waals surface area contributed by atoms with Crippen molar-refractivity contribution in [2.45, 2.75) is 6.54 Å². The average Bonchev–Trinajstić information content (AvgIpc) is 2.48. The Morgan fingerprint density at radius 1 is 1.40 bits per heavy atom. The first kappa shape index (κ1) is 13.8. The normalized spacial score (nSPS) is 10.1. The Kier molecular flexibility index (Phi) is 4.14. The van der Waals surface area contributed by atoms with Crippen LogP contribution in [0.5, 0.6) is 5.75 Å². The predicted molar refractivity (Wildman–Crippen MR) is 73.6 cm³/mol. The molecule has 1 amide bonds. The highest BCUT2D eigenvalue weighted by Gasteiger charge is 2.13. The number of hydrogen-bond acceptors (Lipinski definition) is 4. The van der Waals surface area contributed by atoms with E-state index in [4.69, 9.17) is 4.74 Å². The minimum atomic E-state index is -0.297. The van der Waals surface area contributed by atoms with Crippen LogP contribution in [-0.2, 0) is 13.6 Å². The predicted octanol–water partition coefficient (Wildman–Crippen LogP) is 0.719. The van der Waals surface area contributed by atoms with Gasteiger partial charge in [0.25, 0.3) is 11.5 Å². The van der Waals surface area contributed by atoms with Gasteiger partial charge in [-0.3, -0.25) is 14.6 Å². The van der Waals surface area contributed by atoms with E-state index in [0.717, 1.165) is 5.56 Å². The summed E-state index contributed by atoms with van der Waals surface area (Å²) in [4.78, 5) is 27.5. The molecule has 0 atom stereocenters. The number of aromatic nitrogens is 2. The van der Waals surface area contributed by atoms with E-state index in [9.17, 15) is 9.59 Å². The van der Waals surface area contributed by atoms with Gasteiger partial charge >= 0.3 is 0 Å². The van der Waals surface area contributed by atoms with Gasteiger partial charge in [0.2, 0.25) is 0 Å². The molecule has 0 aliphatic carbocycles. The third-order valence-electron chi connectivity index (χ3n) is 2.86. The number of nitrogens with one attached hydrogen (secondary N) is 1. The van der Waals surface area contributed by atoms with Crippen molar-refractivity contribution in [2.75, 3.05) is 7.11 Å². The molecule has 0 aliphatic rings. The topological polar surface area (TPSA) is 73.2 Å². The van der Waals surface area contributed by atoms with Gasteiger partial charge in [-0.25, -0.2) is 0 Å². The smallest absolute Gasteiger partial charge is 0.256 e. The summed E-state index contributed by atoms with van der Waals surface area (Å²) in [6.45, 7) is 0.382. The molecule has 104 valence electrons. The number of rotatable bonds is 4. The van der Waals surface area contributed by atoms with Crippen LogP contribution >= 0.6 is 0 Å². The van der Waals surface area contributed by atoms with Crippen LogP contribution in [0.2, 0.25) is 0 Å². The molecule has 1 N–H and O–H groups in total. The highest BCUT2D eigenvalue weighted by molar-refractivity contribution is 5.96. The number of aryl methyl sites for hydroxylation is 1. The summed E-state index contributed by atoms with van der Waals surface area (Å²) >= 11 is 0. The lowest BCUT2D eigenvalue weighted by molar-refractivity contribution is 0.0947. The Bertz CT molecular complexity index is 665. The van der Waals surface area contributed by atoms with Crippen molar-refractivity contribution in [1.82, 2.24) is 14.9 Å². The summed E-state index contributed by atoms with van der Waals surface area (Å²) < 4.78 is 6.41. The molecule has 0 bridgehead atoms. The second-order valence-electron chi connectivity index (χ2n) is 4.24. The molecule has 0 fully saturated rings. The maximum Gasteiger partial charge on any atom is 0.256 e. The fourth-order valence-corrected chi connectivity index (χ4v) is 1.73. The second kappa shape index (κ2) is 6.01. The molecule has 20 heavy (non-hydrogen) atoms. The molecule has 2 aromatic rings. The Labute approximate surface area is 116 Å². The number of methoxy groups -OCH3 is 1. The van der Waals surface area contributed by atoms with Gasteiger partial charge in [0.1, 0.15) is 5.75 Å². The Hall–Kier alpha value is -2.63. The molecule has 0 unspecified atom stereocenters. The van der Waals surface area contributed by atoms with Crippen LogP contribution in [0.1, 0.15) is 15.9 Å². The van der Waals surface area contributed by atoms with Crippen molar-refractivity contribution < 1.29 is 9.53 Å². The average molecular weight is 273 g/mol. The molecule has 0 aromatic carbocycles. The molecular weight excluding hydrogens is 258 g/mol. The van der Waals surface area contributed by atoms with E-state index < -0.39 is 0 Å². The molecule has 0 saturated carbocycles. The zero-order valence-corrected chi connectivity index (χ0v) is 11.3. The zero-order chi connectivity index (χ0) is 14.5. The van der Waals surface area contributed by atoms with E-state index in [1.807, 2.05) is 12.1 Å². The van der Waals surface area contributed by atoms with Gasteiger partial charge in [0.05, 0.1) is 12.7 Å². The van der Waals surface area contributed by atoms with Crippen molar-refractivity contribution in [3.63, 3.8) is 0 Å². The van der Waals surface area contributed by atoms with Crippen molar-refractivity contribution in [2.24, 2.45) is 7.05 Å². The van der Waals surface area contributed by atoms with E-state index in [1.54, 1.807) is 19.4 Å². The highest BCUT2D eigenvalue weighted by Crippen LogP contribution is 2.14. The lowest BCUT2D eigenvalue weighted by atomic mass is 10.2. The third-order valence-corrected chi connectivity index (χ3v) is 2.86. The van der Waals surface area contributed by atoms with Crippen molar-refractivity contribution >= 4 is 5.91 Å². The molecule has 2 heterocycles. The summed E-state index contributed by atoms with van der Waals surface area (Å²) in [7, 11) is 3.01. The largest absolute Gasteiger partial charge is 0.496 e. The van der Waals surface area contributed by atoms with Crippen LogP contribution in [0.4, 0.5) is 0 Å². The Balaban J connectivity index is 2.17. The summed E-state index contributed by atoms with van der Waals surface area (Å²) in [6.07, 6.45) is 4.78. The number of pyridine rings is 2. The van der Waals surface area contributed by atoms with E-state index in [2.05, 4.69) is 10.3 Å². The van der Waals surface area contributed by atoms with Crippen molar-refractivity contribution in [1.29, 1.82) is 0 Å². The number of ether oxygens (including phenoxy) is 1. The SMILES string of the molecule is COc1cc(=O)n(C)cc1C(=O)NCc1ccncc1. The van der Waals surface area contributed by atoms with Gasteiger partial charge < -0.3 is 14.6 Å². The van der Waals surface area contributed by atoms with Crippen LogP contribution in [0.15, 0.2) is 41.6 Å². The second-order valence-corrected chi connectivity index (χ2v) is 4.24. The van der Waals surface area contributed by atoms with E-state index in [-0.39, 0.29) is 17.2 Å². The molecular formula is C14H15N3O3. The van der Waals surface area contributed by atoms with Gasteiger partial charge in [-0.15, -0.1) is 0 Å². The molecule has 0 saturated heterocycles. The summed E-state index contributed by atoms with van der Waals surface area (Å²) in [5.74, 6) is -0.0328. The first-order valence-corrected chi connectivity index (χ1v) is 6.03. The fraction of sp³-hybridized carbons (Fsp3) is 0.214. The van der Waals surface area contributed by atoms with E-state index in [0.29, 0.717) is 12.1 Å². The molecule has 6 nitrogen and oxygen atoms in total. The van der Waals surface area contributed by atoms with Crippen LogP contribution < -0.4 is 15.6 Å². The highest BCUT2D eigenvalue weighted by atomic mass is 16.5. The van der Waals surface area contributed by atoms with E-state index >= 15 is 0 Å². The molecule has 2 rings (SSSR count). The maximum absolute atomic E-state index is 12.1. The first-order valence-electron chi connectivity index (χ1n) is 6.03. The third kappa shape index (κ3) is 3.03. The first-order chi connectivity index (χ1) is 9.61. The molecule has 6 heteroatoms. The number of carbonyl (C=O) groups excluding carboxylic acids is 1. The number of nitrogens with zero attached hydrogens (tertiary/aromatic N) is 2. The number of hydrogen-bond donors (Lipinski definition) is 1. The summed E-state index contributed by atoms with van der Waals surface area (Å²) in [5.41, 5.74) is 1.04. The van der Waals surface area contributed by atoms with E-state index in [1.165, 1.54) is 23.9 Å². The Morgan fingerprint density at radius 3 is 2.75 bits per heavy atom. The standard InChI is InChI=1S/C14H15N3O3/c1-17-9-11(12(20-2)7-13(17)18)14(19)16-8-10-3-5-15-6-4-10/h3-7,9H,8H2,1-2H3,(H,16,19). The van der Waals surface area contributed by atoms with Crippen molar-refractivity contribution in [3.8, 4) is 5.75 Å². The molecule has 0 spiro atoms. The summed E-state index contributed by atoms with van der Waals surface area (Å²) in [5, 5.41) is 2.77. The Morgan fingerprint density at radius 2 is 2.10 bits per heavy atom. The lowest BCUT2D eigenvalue weighted by Gasteiger charge is -2.10.